The zero-order valence-corrected chi connectivity index (χ0v) is 17.3. The molecule has 3 atom stereocenters. The smallest absolute Gasteiger partial charge is 0.270 e. The summed E-state index contributed by atoms with van der Waals surface area (Å²) >= 11 is 0. The minimum absolute atomic E-state index is 0.0898. The minimum Gasteiger partial charge on any atom is -0.496 e. The Morgan fingerprint density at radius 3 is 2.90 bits per heavy atom. The molecule has 1 aromatic carbocycles. The highest BCUT2D eigenvalue weighted by Crippen LogP contribution is 2.28. The van der Waals surface area contributed by atoms with Gasteiger partial charge in [0, 0.05) is 29.9 Å². The third-order valence-electron chi connectivity index (χ3n) is 6.08. The molecule has 9 nitrogen and oxygen atoms in total. The lowest BCUT2D eigenvalue weighted by atomic mass is 9.99. The van der Waals surface area contributed by atoms with Crippen LogP contribution in [0.1, 0.15) is 36.2 Å². The van der Waals surface area contributed by atoms with E-state index in [-0.39, 0.29) is 30.1 Å². The third kappa shape index (κ3) is 4.12. The number of methoxy groups -OCH3 is 1. The second-order valence-electron chi connectivity index (χ2n) is 8.02. The number of nitrogens with one attached hydrogen (secondary N) is 3. The molecule has 9 heteroatoms. The lowest BCUT2D eigenvalue weighted by molar-refractivity contribution is -0.128. The van der Waals surface area contributed by atoms with Gasteiger partial charge in [0.15, 0.2) is 0 Å². The number of fused-ring (bicyclic) bond motifs is 1. The van der Waals surface area contributed by atoms with Gasteiger partial charge in [-0.2, -0.15) is 0 Å². The molecule has 3 amide bonds. The summed E-state index contributed by atoms with van der Waals surface area (Å²) in [6.07, 6.45) is 2.80. The molecular formula is C22H26N4O5. The van der Waals surface area contributed by atoms with Crippen LogP contribution in [0.4, 0.5) is 0 Å². The molecule has 4 rings (SSSR count). The average Bonchev–Trinajstić information content (AvgIpc) is 3.52. The monoisotopic (exact) mass is 426 g/mol. The average molecular weight is 426 g/mol. The molecule has 0 bridgehead atoms. The van der Waals surface area contributed by atoms with Crippen LogP contribution in [-0.4, -0.2) is 66.2 Å². The molecule has 2 aromatic rings. The first kappa shape index (κ1) is 20.9. The van der Waals surface area contributed by atoms with Gasteiger partial charge in [0.1, 0.15) is 23.8 Å². The molecule has 164 valence electrons. The lowest BCUT2D eigenvalue weighted by Crippen LogP contribution is -2.49. The van der Waals surface area contributed by atoms with E-state index in [1.54, 1.807) is 13.2 Å². The highest BCUT2D eigenvalue weighted by atomic mass is 16.5. The number of hydrogen-bond donors (Lipinski definition) is 3. The lowest BCUT2D eigenvalue weighted by Gasteiger charge is -2.25. The highest BCUT2D eigenvalue weighted by molar-refractivity contribution is 6.01. The highest BCUT2D eigenvalue weighted by Gasteiger charge is 2.37. The predicted octanol–water partition coefficient (Wildman–Crippen LogP) is 0.991. The molecule has 2 aliphatic heterocycles. The first-order chi connectivity index (χ1) is 15.0. The topological polar surface area (TPSA) is 121 Å². The predicted molar refractivity (Wildman–Crippen MR) is 113 cm³/mol. The van der Waals surface area contributed by atoms with E-state index in [4.69, 9.17) is 4.74 Å². The van der Waals surface area contributed by atoms with E-state index >= 15 is 0 Å². The SMILES string of the molecule is COc1cccc2[nH]c(C(=O)N3CCC[C@H]3C(=O)N[C@H](C=O)C[C@@H]3CCNC3=O)cc12. The first-order valence-corrected chi connectivity index (χ1v) is 10.5. The summed E-state index contributed by atoms with van der Waals surface area (Å²) in [6.45, 7) is 1.05. The largest absolute Gasteiger partial charge is 0.496 e. The Bertz CT molecular complexity index is 1020. The van der Waals surface area contributed by atoms with Gasteiger partial charge in [0.2, 0.25) is 11.8 Å². The van der Waals surface area contributed by atoms with Crippen molar-refractivity contribution in [2.75, 3.05) is 20.2 Å². The summed E-state index contributed by atoms with van der Waals surface area (Å²) in [5.41, 5.74) is 1.16. The van der Waals surface area contributed by atoms with E-state index in [0.29, 0.717) is 50.1 Å². The van der Waals surface area contributed by atoms with E-state index in [1.807, 2.05) is 18.2 Å². The number of aromatic nitrogens is 1. The minimum atomic E-state index is -0.753. The molecule has 0 unspecified atom stereocenters. The van der Waals surface area contributed by atoms with E-state index in [2.05, 4.69) is 15.6 Å². The normalized spacial score (nSPS) is 21.7. The van der Waals surface area contributed by atoms with Crippen LogP contribution >= 0.6 is 0 Å². The number of ether oxygens (including phenoxy) is 1. The van der Waals surface area contributed by atoms with Gasteiger partial charge in [-0.05, 0) is 43.9 Å². The number of amides is 3. The number of nitrogens with zero attached hydrogens (tertiary/aromatic N) is 1. The zero-order valence-electron chi connectivity index (χ0n) is 17.3. The second kappa shape index (κ2) is 8.79. The summed E-state index contributed by atoms with van der Waals surface area (Å²) in [5.74, 6) is -0.344. The van der Waals surface area contributed by atoms with E-state index in [9.17, 15) is 19.2 Å². The summed E-state index contributed by atoms with van der Waals surface area (Å²) in [5, 5.41) is 6.26. The molecule has 2 saturated heterocycles. The van der Waals surface area contributed by atoms with Crippen molar-refractivity contribution in [1.82, 2.24) is 20.5 Å². The second-order valence-corrected chi connectivity index (χ2v) is 8.02. The Labute approximate surface area is 179 Å². The van der Waals surface area contributed by atoms with Crippen LogP contribution in [0.15, 0.2) is 24.3 Å². The van der Waals surface area contributed by atoms with E-state index in [1.165, 1.54) is 4.90 Å². The number of carbonyl (C=O) groups excluding carboxylic acids is 4. The van der Waals surface area contributed by atoms with Crippen molar-refractivity contribution in [3.05, 3.63) is 30.0 Å². The van der Waals surface area contributed by atoms with E-state index in [0.717, 1.165) is 10.9 Å². The Morgan fingerprint density at radius 1 is 1.35 bits per heavy atom. The number of benzene rings is 1. The van der Waals surface area contributed by atoms with Gasteiger partial charge in [-0.1, -0.05) is 6.07 Å². The Morgan fingerprint density at radius 2 is 2.19 bits per heavy atom. The van der Waals surface area contributed by atoms with Crippen LogP contribution in [0, 0.1) is 5.92 Å². The Balaban J connectivity index is 1.46. The van der Waals surface area contributed by atoms with Crippen molar-refractivity contribution in [3.8, 4) is 5.75 Å². The maximum atomic E-state index is 13.2. The number of carbonyl (C=O) groups is 4. The molecule has 1 aromatic heterocycles. The van der Waals surface area contributed by atoms with Crippen molar-refractivity contribution in [2.45, 2.75) is 37.8 Å². The van der Waals surface area contributed by atoms with Crippen molar-refractivity contribution in [2.24, 2.45) is 5.92 Å². The van der Waals surface area contributed by atoms with Gasteiger partial charge in [-0.25, -0.2) is 0 Å². The maximum absolute atomic E-state index is 13.2. The van der Waals surface area contributed by atoms with Crippen LogP contribution in [0.25, 0.3) is 10.9 Å². The molecule has 2 fully saturated rings. The number of rotatable bonds is 7. The van der Waals surface area contributed by atoms with Crippen LogP contribution in [0.5, 0.6) is 5.75 Å². The molecule has 0 aliphatic carbocycles. The van der Waals surface area contributed by atoms with Crippen LogP contribution in [-0.2, 0) is 14.4 Å². The first-order valence-electron chi connectivity index (χ1n) is 10.5. The number of likely N-dealkylation sites (tertiary alicyclic amines) is 1. The standard InChI is InChI=1S/C22H26N4O5/c1-31-19-6-2-4-16-15(19)11-17(25-16)22(30)26-9-3-5-18(26)21(29)24-14(12-27)10-13-7-8-23-20(13)28/h2,4,6,11-14,18,25H,3,5,7-10H2,1H3,(H,23,28)(H,24,29)/t13-,14-,18-/m0/s1. The molecule has 31 heavy (non-hydrogen) atoms. The number of aromatic amines is 1. The van der Waals surface area contributed by atoms with Gasteiger partial charge in [0.05, 0.1) is 13.2 Å². The fourth-order valence-corrected chi connectivity index (χ4v) is 4.46. The fourth-order valence-electron chi connectivity index (χ4n) is 4.46. The Kier molecular flexibility index (Phi) is 5.92. The van der Waals surface area contributed by atoms with Crippen LogP contribution < -0.4 is 15.4 Å². The van der Waals surface area contributed by atoms with Crippen LogP contribution in [0.2, 0.25) is 0 Å². The molecule has 3 N–H and O–H groups in total. The van der Waals surface area contributed by atoms with Crippen molar-refractivity contribution in [3.63, 3.8) is 0 Å². The molecule has 0 spiro atoms. The van der Waals surface area contributed by atoms with E-state index < -0.39 is 12.1 Å². The van der Waals surface area contributed by atoms with Gasteiger partial charge in [-0.3, -0.25) is 14.4 Å². The van der Waals surface area contributed by atoms with Gasteiger partial charge in [-0.15, -0.1) is 0 Å². The van der Waals surface area contributed by atoms with Crippen molar-refractivity contribution < 1.29 is 23.9 Å². The molecular weight excluding hydrogens is 400 g/mol. The van der Waals surface area contributed by atoms with Crippen molar-refractivity contribution >= 4 is 34.9 Å². The van der Waals surface area contributed by atoms with Crippen molar-refractivity contribution in [1.29, 1.82) is 0 Å². The van der Waals surface area contributed by atoms with Gasteiger partial charge >= 0.3 is 0 Å². The third-order valence-corrected chi connectivity index (χ3v) is 6.08. The molecule has 0 radical (unpaired) electrons. The number of hydrogen-bond acceptors (Lipinski definition) is 5. The summed E-state index contributed by atoms with van der Waals surface area (Å²) in [7, 11) is 1.57. The Hall–Kier alpha value is -3.36. The number of H-pyrrole nitrogens is 1. The summed E-state index contributed by atoms with van der Waals surface area (Å²) < 4.78 is 5.35. The van der Waals surface area contributed by atoms with Gasteiger partial charge < -0.3 is 30.0 Å². The summed E-state index contributed by atoms with van der Waals surface area (Å²) in [6, 6.07) is 5.84. The van der Waals surface area contributed by atoms with Gasteiger partial charge in [0.25, 0.3) is 5.91 Å². The fraction of sp³-hybridized carbons (Fsp3) is 0.455. The number of aldehydes is 1. The summed E-state index contributed by atoms with van der Waals surface area (Å²) in [4.78, 5) is 54.0. The zero-order chi connectivity index (χ0) is 22.0. The maximum Gasteiger partial charge on any atom is 0.270 e. The molecule has 2 aliphatic rings. The van der Waals surface area contributed by atoms with Crippen LogP contribution in [0.3, 0.4) is 0 Å². The molecule has 0 saturated carbocycles. The molecule has 3 heterocycles. The quantitative estimate of drug-likeness (QED) is 0.570.